The molecule has 0 atom stereocenters. The molecule has 1 amide bonds. The van der Waals surface area contributed by atoms with Crippen LogP contribution in [-0.4, -0.2) is 10.5 Å². The summed E-state index contributed by atoms with van der Waals surface area (Å²) in [5.74, 6) is -0.153. The maximum absolute atomic E-state index is 12.3. The number of hydrogen-bond acceptors (Lipinski definition) is 2. The van der Waals surface area contributed by atoms with E-state index in [2.05, 4.69) is 12.4 Å². The summed E-state index contributed by atoms with van der Waals surface area (Å²) in [6, 6.07) is 17.4. The Labute approximate surface area is 169 Å². The number of fused-ring (bicyclic) bond motifs is 1. The van der Waals surface area contributed by atoms with E-state index in [-0.39, 0.29) is 44.8 Å². The monoisotopic (exact) mass is 399 g/mol. The molecule has 125 valence electrons. The molecule has 4 N–H and O–H groups in total. The van der Waals surface area contributed by atoms with Crippen LogP contribution in [0.1, 0.15) is 29.9 Å². The molecule has 0 saturated heterocycles. The number of carbonyl (C=O) groups excluding carboxylic acids is 1. The number of amides is 1. The van der Waals surface area contributed by atoms with E-state index < -0.39 is 0 Å². The molecule has 4 nitrogen and oxygen atoms in total. The molecule has 3 aromatic rings. The average Bonchev–Trinajstić information content (AvgIpc) is 2.89. The molecule has 24 heavy (non-hydrogen) atoms. The smallest absolute Gasteiger partial charge is 0.216 e. The summed E-state index contributed by atoms with van der Waals surface area (Å²) in [6.07, 6.45) is 0. The number of aromatic nitrogens is 1. The molecule has 0 saturated carbocycles. The summed E-state index contributed by atoms with van der Waals surface area (Å²) in [7, 11) is 3.94. The van der Waals surface area contributed by atoms with Crippen molar-refractivity contribution in [3.63, 3.8) is 0 Å². The van der Waals surface area contributed by atoms with Gasteiger partial charge in [-0.3, -0.25) is 4.79 Å². The minimum Gasteiger partial charge on any atom is -0.477 e. The van der Waals surface area contributed by atoms with E-state index in [1.807, 2.05) is 75.4 Å². The molecular weight excluding hydrogens is 375 g/mol. The molecule has 2 aromatic carbocycles. The summed E-state index contributed by atoms with van der Waals surface area (Å²) in [5.41, 5.74) is 3.44. The van der Waals surface area contributed by atoms with Gasteiger partial charge in [0, 0.05) is 44.1 Å². The summed E-state index contributed by atoms with van der Waals surface area (Å²) in [4.78, 5) is 12.3. The third-order valence-electron chi connectivity index (χ3n) is 3.35. The van der Waals surface area contributed by atoms with Gasteiger partial charge in [-0.1, -0.05) is 72.8 Å². The predicted molar refractivity (Wildman–Crippen MR) is 98.2 cm³/mol. The van der Waals surface area contributed by atoms with Gasteiger partial charge in [-0.05, 0) is 19.1 Å². The molecule has 0 spiro atoms. The molecule has 0 bridgehead atoms. The molecule has 1 radical (unpaired) electrons. The van der Waals surface area contributed by atoms with Gasteiger partial charge in [-0.15, -0.1) is 7.05 Å². The number of benzene rings is 2. The van der Waals surface area contributed by atoms with Crippen LogP contribution in [0.15, 0.2) is 54.6 Å². The van der Waals surface area contributed by atoms with E-state index in [1.54, 1.807) is 4.57 Å². The molecule has 5 heteroatoms. The first-order valence-electron chi connectivity index (χ1n) is 7.44. The van der Waals surface area contributed by atoms with Crippen molar-refractivity contribution in [3.05, 3.63) is 72.9 Å². The van der Waals surface area contributed by atoms with Crippen molar-refractivity contribution in [2.24, 2.45) is 0 Å². The van der Waals surface area contributed by atoms with Crippen molar-refractivity contribution in [2.75, 3.05) is 5.32 Å². The molecule has 0 unspecified atom stereocenters. The zero-order valence-corrected chi connectivity index (χ0v) is 17.4. The van der Waals surface area contributed by atoms with Crippen LogP contribution >= 0.6 is 0 Å². The van der Waals surface area contributed by atoms with Gasteiger partial charge in [0.1, 0.15) is 0 Å². The van der Waals surface area contributed by atoms with E-state index in [4.69, 9.17) is 0 Å². The average molecular weight is 399 g/mol. The van der Waals surface area contributed by atoms with Crippen molar-refractivity contribution in [3.8, 4) is 0 Å². The molecule has 1 aromatic heterocycles. The third-order valence-corrected chi connectivity index (χ3v) is 3.35. The Morgan fingerprint density at radius 3 is 2.21 bits per heavy atom. The fourth-order valence-electron chi connectivity index (χ4n) is 2.23. The number of hydrogen-bond donors (Lipinski definition) is 2. The summed E-state index contributed by atoms with van der Waals surface area (Å²) >= 11 is 0. The zero-order valence-electron chi connectivity index (χ0n) is 14.5. The van der Waals surface area contributed by atoms with E-state index in [1.165, 1.54) is 0 Å². The first-order valence-corrected chi connectivity index (χ1v) is 7.44. The Bertz CT molecular complexity index is 779. The predicted octanol–water partition coefficient (Wildman–Crippen LogP) is 5.03. The summed E-state index contributed by atoms with van der Waals surface area (Å²) in [6.45, 7) is 6.01. The molecule has 3 rings (SSSR count). The second kappa shape index (κ2) is 10.3. The van der Waals surface area contributed by atoms with Gasteiger partial charge in [0.25, 0.3) is 0 Å². The second-order valence-corrected chi connectivity index (χ2v) is 4.84. The van der Waals surface area contributed by atoms with E-state index in [0.717, 1.165) is 22.2 Å². The van der Waals surface area contributed by atoms with Crippen LogP contribution in [0, 0.1) is 14.0 Å². The Balaban J connectivity index is 0.00000128. The Hall–Kier alpha value is -1.62. The van der Waals surface area contributed by atoms with Crippen molar-refractivity contribution < 1.29 is 37.5 Å². The Morgan fingerprint density at radius 1 is 1.04 bits per heavy atom. The molecule has 0 aliphatic rings. The minimum atomic E-state index is -0.153. The van der Waals surface area contributed by atoms with Gasteiger partial charge in [-0.2, -0.15) is 0 Å². The number of carbonyl (C=O) groups is 1. The van der Waals surface area contributed by atoms with E-state index in [9.17, 15) is 4.79 Å². The number of anilines is 1. The molecule has 1 heterocycles. The normalized spacial score (nSPS) is 9.12. The molecule has 0 aliphatic heterocycles. The molecular formula is C19H24N3OY-. The van der Waals surface area contributed by atoms with Gasteiger partial charge >= 0.3 is 0 Å². The van der Waals surface area contributed by atoms with Crippen LogP contribution < -0.4 is 11.5 Å². The fraction of sp³-hybridized carbons (Fsp3) is 0.158. The first-order chi connectivity index (χ1) is 10.6. The maximum Gasteiger partial charge on any atom is 0.216 e. The Morgan fingerprint density at radius 2 is 1.62 bits per heavy atom. The van der Waals surface area contributed by atoms with Crippen LogP contribution in [0.4, 0.5) is 5.69 Å². The first kappa shape index (κ1) is 22.4. The summed E-state index contributed by atoms with van der Waals surface area (Å²) < 4.78 is 1.67. The van der Waals surface area contributed by atoms with Gasteiger partial charge in [-0.25, -0.2) is 0 Å². The van der Waals surface area contributed by atoms with Crippen molar-refractivity contribution in [1.29, 1.82) is 0 Å². The zero-order chi connectivity index (χ0) is 16.1. The summed E-state index contributed by atoms with van der Waals surface area (Å²) in [5, 5.41) is 3.90. The quantitative estimate of drug-likeness (QED) is 0.594. The van der Waals surface area contributed by atoms with Gasteiger partial charge in [0.2, 0.25) is 5.91 Å². The van der Waals surface area contributed by atoms with Gasteiger partial charge in [0.15, 0.2) is 0 Å². The van der Waals surface area contributed by atoms with Crippen molar-refractivity contribution in [1.82, 2.24) is 10.7 Å². The van der Waals surface area contributed by atoms with Crippen LogP contribution in [0.3, 0.4) is 0 Å². The standard InChI is InChI=1S/C17H15N2O.C2H6.H3N.Y/c1-12-7-9-14(10-8-12)18-17(20)16-11-13-5-3-4-6-15(13)19(16)2;1-2;;/h3-11H,2H2,1H3,(H,18,20);1-2H3;1H3;/q-1;;;. The number of rotatable bonds is 2. The second-order valence-electron chi connectivity index (χ2n) is 4.84. The third kappa shape index (κ3) is 4.94. The fourth-order valence-corrected chi connectivity index (χ4v) is 2.23. The SMILES string of the molecule is CC.N.[CH2-]n1c(C(=O)Nc2ccc(C)cc2)cc2ccccc21.[Y]. The van der Waals surface area contributed by atoms with Gasteiger partial charge in [0.05, 0.1) is 0 Å². The van der Waals surface area contributed by atoms with E-state index >= 15 is 0 Å². The largest absolute Gasteiger partial charge is 0.477 e. The topological polar surface area (TPSA) is 69.0 Å². The molecule has 0 aliphatic carbocycles. The number of aryl methyl sites for hydroxylation is 1. The number of nitrogens with zero attached hydrogens (tertiary/aromatic N) is 1. The number of nitrogens with one attached hydrogen (secondary N) is 1. The van der Waals surface area contributed by atoms with Crippen LogP contribution in [0.25, 0.3) is 10.9 Å². The number of para-hydroxylation sites is 1. The Kier molecular flexibility index (Phi) is 9.60. The minimum absolute atomic E-state index is 0. The van der Waals surface area contributed by atoms with Crippen LogP contribution in [0.2, 0.25) is 0 Å². The van der Waals surface area contributed by atoms with Crippen LogP contribution in [-0.2, 0) is 32.7 Å². The van der Waals surface area contributed by atoms with E-state index in [0.29, 0.717) is 5.69 Å². The van der Waals surface area contributed by atoms with Gasteiger partial charge < -0.3 is 16.0 Å². The molecule has 0 fully saturated rings. The maximum atomic E-state index is 12.3. The van der Waals surface area contributed by atoms with Crippen molar-refractivity contribution >= 4 is 22.5 Å². The van der Waals surface area contributed by atoms with Crippen LogP contribution in [0.5, 0.6) is 0 Å². The van der Waals surface area contributed by atoms with Crippen molar-refractivity contribution in [2.45, 2.75) is 20.8 Å².